The second-order valence-electron chi connectivity index (χ2n) is 8.85. The van der Waals surface area contributed by atoms with Crippen LogP contribution < -0.4 is 16.0 Å². The first-order valence-electron chi connectivity index (χ1n) is 11.0. The zero-order valence-corrected chi connectivity index (χ0v) is 19.7. The van der Waals surface area contributed by atoms with E-state index in [1.165, 1.54) is 0 Å². The Hall–Kier alpha value is -2.61. The highest BCUT2D eigenvalue weighted by Crippen LogP contribution is 2.35. The molecule has 1 aromatic heterocycles. The average molecular weight is 456 g/mol. The monoisotopic (exact) mass is 455 g/mol. The van der Waals surface area contributed by atoms with E-state index in [-0.39, 0.29) is 11.8 Å². The number of amides is 2. The molecule has 1 fully saturated rings. The lowest BCUT2D eigenvalue weighted by atomic mass is 10.0. The molecule has 2 aliphatic rings. The van der Waals surface area contributed by atoms with Gasteiger partial charge in [0.05, 0.1) is 11.1 Å². The molecule has 2 atom stereocenters. The van der Waals surface area contributed by atoms with Crippen LogP contribution in [0, 0.1) is 13.8 Å². The van der Waals surface area contributed by atoms with Crippen LogP contribution in [0.5, 0.6) is 0 Å². The van der Waals surface area contributed by atoms with E-state index in [2.05, 4.69) is 39.7 Å². The van der Waals surface area contributed by atoms with Gasteiger partial charge in [-0.1, -0.05) is 11.6 Å². The molecule has 0 spiro atoms. The largest absolute Gasteiger partial charge is 0.358 e. The fourth-order valence-corrected chi connectivity index (χ4v) is 4.92. The fraction of sp³-hybridized carbons (Fsp3) is 0.417. The van der Waals surface area contributed by atoms with Crippen molar-refractivity contribution in [1.82, 2.24) is 20.5 Å². The molecule has 7 nitrogen and oxygen atoms in total. The first-order chi connectivity index (χ1) is 15.2. The summed E-state index contributed by atoms with van der Waals surface area (Å²) in [5.41, 5.74) is 5.00. The van der Waals surface area contributed by atoms with Gasteiger partial charge in [-0.2, -0.15) is 0 Å². The Labute approximate surface area is 193 Å². The number of H-pyrrole nitrogens is 1. The number of nitrogens with zero attached hydrogens (tertiary/aromatic N) is 1. The van der Waals surface area contributed by atoms with Crippen molar-refractivity contribution in [2.75, 3.05) is 31.5 Å². The van der Waals surface area contributed by atoms with Crippen LogP contribution in [0.4, 0.5) is 5.69 Å². The summed E-state index contributed by atoms with van der Waals surface area (Å²) in [6.45, 7) is 11.5. The summed E-state index contributed by atoms with van der Waals surface area (Å²) in [5.74, 6) is -0.282. The molecule has 4 rings (SSSR count). The topological polar surface area (TPSA) is 89.3 Å². The molecule has 2 aliphatic heterocycles. The van der Waals surface area contributed by atoms with Crippen LogP contribution in [-0.2, 0) is 4.79 Å². The SMILES string of the molecule is Cc1[nH]c(/C=C2\C(=O)Nc3ccc(Cl)cc32)c(C)c1C(=O)NCCN1CC(C)NC(C)C1. The number of nitrogens with one attached hydrogen (secondary N) is 4. The summed E-state index contributed by atoms with van der Waals surface area (Å²) < 4.78 is 0. The number of carbonyl (C=O) groups excluding carboxylic acids is 2. The van der Waals surface area contributed by atoms with Crippen molar-refractivity contribution < 1.29 is 9.59 Å². The second kappa shape index (κ2) is 9.10. The van der Waals surface area contributed by atoms with E-state index in [0.717, 1.165) is 47.8 Å². The molecular weight excluding hydrogens is 426 g/mol. The Kier molecular flexibility index (Phi) is 6.42. The molecule has 3 heterocycles. The third kappa shape index (κ3) is 4.60. The molecule has 0 saturated carbocycles. The van der Waals surface area contributed by atoms with Gasteiger partial charge in [0.25, 0.3) is 11.8 Å². The van der Waals surface area contributed by atoms with Crippen molar-refractivity contribution >= 4 is 40.8 Å². The number of aromatic nitrogens is 1. The van der Waals surface area contributed by atoms with Gasteiger partial charge in [-0.15, -0.1) is 0 Å². The summed E-state index contributed by atoms with van der Waals surface area (Å²) in [6, 6.07) is 6.22. The number of rotatable bonds is 5. The second-order valence-corrected chi connectivity index (χ2v) is 9.29. The van der Waals surface area contributed by atoms with E-state index in [4.69, 9.17) is 11.6 Å². The van der Waals surface area contributed by atoms with Gasteiger partial charge < -0.3 is 20.9 Å². The van der Waals surface area contributed by atoms with Crippen molar-refractivity contribution in [2.45, 2.75) is 39.8 Å². The number of carbonyl (C=O) groups is 2. The number of aryl methyl sites for hydroxylation is 1. The number of aromatic amines is 1. The molecule has 170 valence electrons. The highest BCUT2D eigenvalue weighted by atomic mass is 35.5. The zero-order valence-electron chi connectivity index (χ0n) is 18.9. The maximum Gasteiger partial charge on any atom is 0.256 e. The first-order valence-corrected chi connectivity index (χ1v) is 11.4. The van der Waals surface area contributed by atoms with E-state index < -0.39 is 0 Å². The predicted molar refractivity (Wildman–Crippen MR) is 129 cm³/mol. The van der Waals surface area contributed by atoms with Gasteiger partial charge in [-0.25, -0.2) is 0 Å². The van der Waals surface area contributed by atoms with Crippen LogP contribution in [0.1, 0.15) is 46.7 Å². The molecule has 1 saturated heterocycles. The molecule has 0 radical (unpaired) electrons. The lowest BCUT2D eigenvalue weighted by Gasteiger charge is -2.36. The zero-order chi connectivity index (χ0) is 23.0. The van der Waals surface area contributed by atoms with E-state index >= 15 is 0 Å². The number of piperazine rings is 1. The Balaban J connectivity index is 1.48. The van der Waals surface area contributed by atoms with Gasteiger partial charge in [-0.05, 0) is 57.5 Å². The first kappa shape index (κ1) is 22.6. The van der Waals surface area contributed by atoms with Gasteiger partial charge in [0.1, 0.15) is 0 Å². The van der Waals surface area contributed by atoms with Crippen molar-refractivity contribution in [3.63, 3.8) is 0 Å². The molecule has 2 aromatic rings. The van der Waals surface area contributed by atoms with Crippen LogP contribution in [-0.4, -0.2) is 60.0 Å². The van der Waals surface area contributed by atoms with Gasteiger partial charge in [0.2, 0.25) is 0 Å². The third-order valence-electron chi connectivity index (χ3n) is 6.10. The summed E-state index contributed by atoms with van der Waals surface area (Å²) >= 11 is 6.13. The quantitative estimate of drug-likeness (QED) is 0.521. The number of hydrogen-bond acceptors (Lipinski definition) is 4. The average Bonchev–Trinajstić information content (AvgIpc) is 3.16. The molecule has 8 heteroatoms. The number of halogens is 1. The van der Waals surface area contributed by atoms with Crippen molar-refractivity contribution in [3.05, 3.63) is 51.3 Å². The fourth-order valence-electron chi connectivity index (χ4n) is 4.75. The Morgan fingerprint density at radius 3 is 2.69 bits per heavy atom. The minimum Gasteiger partial charge on any atom is -0.358 e. The van der Waals surface area contributed by atoms with E-state index in [1.54, 1.807) is 24.3 Å². The molecule has 1 aromatic carbocycles. The summed E-state index contributed by atoms with van der Waals surface area (Å²) in [4.78, 5) is 31.1. The molecular formula is C24H30ClN5O2. The minimum absolute atomic E-state index is 0.101. The molecule has 2 amide bonds. The molecule has 0 aliphatic carbocycles. The van der Waals surface area contributed by atoms with Gasteiger partial charge in [0, 0.05) is 65.9 Å². The van der Waals surface area contributed by atoms with Gasteiger partial charge >= 0.3 is 0 Å². The molecule has 4 N–H and O–H groups in total. The number of anilines is 1. The van der Waals surface area contributed by atoms with Crippen LogP contribution in [0.2, 0.25) is 5.02 Å². The lowest BCUT2D eigenvalue weighted by molar-refractivity contribution is -0.110. The molecule has 0 bridgehead atoms. The normalized spacial score (nSPS) is 22.2. The molecule has 2 unspecified atom stereocenters. The van der Waals surface area contributed by atoms with Gasteiger partial charge in [-0.3, -0.25) is 14.5 Å². The van der Waals surface area contributed by atoms with E-state index in [9.17, 15) is 9.59 Å². The van der Waals surface area contributed by atoms with Crippen molar-refractivity contribution in [3.8, 4) is 0 Å². The van der Waals surface area contributed by atoms with E-state index in [1.807, 2.05) is 13.8 Å². The minimum atomic E-state index is -0.181. The Morgan fingerprint density at radius 1 is 1.25 bits per heavy atom. The van der Waals surface area contributed by atoms with E-state index in [0.29, 0.717) is 34.8 Å². The third-order valence-corrected chi connectivity index (χ3v) is 6.34. The maximum absolute atomic E-state index is 12.9. The highest BCUT2D eigenvalue weighted by molar-refractivity contribution is 6.36. The van der Waals surface area contributed by atoms with Crippen LogP contribution in [0.15, 0.2) is 18.2 Å². The Bertz CT molecular complexity index is 1080. The number of fused-ring (bicyclic) bond motifs is 1. The van der Waals surface area contributed by atoms with Crippen molar-refractivity contribution in [1.29, 1.82) is 0 Å². The number of benzene rings is 1. The maximum atomic E-state index is 12.9. The van der Waals surface area contributed by atoms with Crippen LogP contribution in [0.3, 0.4) is 0 Å². The van der Waals surface area contributed by atoms with Gasteiger partial charge in [0.15, 0.2) is 0 Å². The summed E-state index contributed by atoms with van der Waals surface area (Å²) in [5, 5.41) is 10.0. The molecule has 32 heavy (non-hydrogen) atoms. The predicted octanol–water partition coefficient (Wildman–Crippen LogP) is 3.19. The number of hydrogen-bond donors (Lipinski definition) is 4. The van der Waals surface area contributed by atoms with Crippen molar-refractivity contribution in [2.24, 2.45) is 0 Å². The lowest BCUT2D eigenvalue weighted by Crippen LogP contribution is -2.55. The summed E-state index contributed by atoms with van der Waals surface area (Å²) in [6.07, 6.45) is 1.79. The standard InChI is InChI=1S/C24H30ClN5O2/c1-13-11-30(12-14(2)27-13)8-7-26-24(32)22-15(3)21(28-16(22)4)10-19-18-9-17(25)5-6-20(18)29-23(19)31/h5-6,9-10,13-14,27-28H,7-8,11-12H2,1-4H3,(H,26,32)(H,29,31)/b19-10-. The van der Waals surface area contributed by atoms with Crippen LogP contribution in [0.25, 0.3) is 11.6 Å². The Morgan fingerprint density at radius 2 is 1.97 bits per heavy atom. The summed E-state index contributed by atoms with van der Waals surface area (Å²) in [7, 11) is 0. The smallest absolute Gasteiger partial charge is 0.256 e. The van der Waals surface area contributed by atoms with Crippen LogP contribution >= 0.6 is 11.6 Å². The highest BCUT2D eigenvalue weighted by Gasteiger charge is 2.26.